The molecule has 0 radical (unpaired) electrons. The normalized spacial score (nSPS) is 10.4. The summed E-state index contributed by atoms with van der Waals surface area (Å²) in [6, 6.07) is 7.85. The van der Waals surface area contributed by atoms with Crippen molar-refractivity contribution in [1.29, 1.82) is 0 Å². The van der Waals surface area contributed by atoms with Crippen molar-refractivity contribution in [2.75, 3.05) is 11.1 Å². The van der Waals surface area contributed by atoms with E-state index < -0.39 is 11.7 Å². The Kier molecular flexibility index (Phi) is 4.45. The predicted molar refractivity (Wildman–Crippen MR) is 85.3 cm³/mol. The minimum Gasteiger partial charge on any atom is -0.397 e. The van der Waals surface area contributed by atoms with Gasteiger partial charge in [0.05, 0.1) is 16.9 Å². The Bertz CT molecular complexity index is 666. The number of aryl methyl sites for hydroxylation is 1. The molecule has 1 amide bonds. The van der Waals surface area contributed by atoms with Crippen LogP contribution >= 0.6 is 31.9 Å². The lowest BCUT2D eigenvalue weighted by Crippen LogP contribution is -2.15. The molecular weight excluding hydrogens is 391 g/mol. The molecule has 0 spiro atoms. The van der Waals surface area contributed by atoms with E-state index in [4.69, 9.17) is 5.73 Å². The Labute approximate surface area is 132 Å². The molecule has 0 bridgehead atoms. The fourth-order valence-corrected chi connectivity index (χ4v) is 3.07. The molecule has 2 aromatic carbocycles. The van der Waals surface area contributed by atoms with Gasteiger partial charge >= 0.3 is 0 Å². The molecule has 0 aliphatic rings. The number of anilines is 2. The van der Waals surface area contributed by atoms with Gasteiger partial charge in [0.2, 0.25) is 0 Å². The molecule has 0 unspecified atom stereocenters. The van der Waals surface area contributed by atoms with Crippen LogP contribution in [0.3, 0.4) is 0 Å². The van der Waals surface area contributed by atoms with Crippen LogP contribution in [0, 0.1) is 12.7 Å². The van der Waals surface area contributed by atoms with Crippen molar-refractivity contribution in [3.8, 4) is 0 Å². The highest BCUT2D eigenvalue weighted by atomic mass is 79.9. The van der Waals surface area contributed by atoms with Crippen molar-refractivity contribution in [3.63, 3.8) is 0 Å². The summed E-state index contributed by atoms with van der Waals surface area (Å²) in [4.78, 5) is 12.1. The number of nitrogens with two attached hydrogens (primary N) is 1. The van der Waals surface area contributed by atoms with Gasteiger partial charge in [-0.25, -0.2) is 4.39 Å². The van der Waals surface area contributed by atoms with E-state index in [-0.39, 0.29) is 5.56 Å². The van der Waals surface area contributed by atoms with Crippen molar-refractivity contribution < 1.29 is 9.18 Å². The number of hydrogen-bond donors (Lipinski definition) is 2. The van der Waals surface area contributed by atoms with Crippen LogP contribution in [0.1, 0.15) is 15.9 Å². The van der Waals surface area contributed by atoms with Crippen molar-refractivity contribution in [2.45, 2.75) is 6.92 Å². The second-order valence-corrected chi connectivity index (χ2v) is 6.06. The average molecular weight is 402 g/mol. The summed E-state index contributed by atoms with van der Waals surface area (Å²) < 4.78 is 15.2. The SMILES string of the molecule is Cc1ccc(C(=O)Nc2c(N)cc(Br)cc2Br)c(F)c1. The molecule has 0 atom stereocenters. The van der Waals surface area contributed by atoms with Gasteiger partial charge in [0, 0.05) is 8.95 Å². The average Bonchev–Trinajstić information content (AvgIpc) is 2.33. The maximum atomic E-state index is 13.8. The van der Waals surface area contributed by atoms with Gasteiger partial charge in [-0.1, -0.05) is 22.0 Å². The topological polar surface area (TPSA) is 55.1 Å². The van der Waals surface area contributed by atoms with Gasteiger partial charge in [-0.05, 0) is 52.7 Å². The summed E-state index contributed by atoms with van der Waals surface area (Å²) in [6.07, 6.45) is 0. The van der Waals surface area contributed by atoms with Gasteiger partial charge in [-0.2, -0.15) is 0 Å². The van der Waals surface area contributed by atoms with Gasteiger partial charge in [0.15, 0.2) is 0 Å². The third-order valence-corrected chi connectivity index (χ3v) is 3.78. The molecule has 3 N–H and O–H groups in total. The molecule has 2 rings (SSSR count). The maximum Gasteiger partial charge on any atom is 0.258 e. The van der Waals surface area contributed by atoms with Crippen LogP contribution in [0.4, 0.5) is 15.8 Å². The first kappa shape index (κ1) is 15.0. The quantitative estimate of drug-likeness (QED) is 0.728. The standard InChI is InChI=1S/C14H11Br2FN2O/c1-7-2-3-9(11(17)4-7)14(20)19-13-10(16)5-8(15)6-12(13)18/h2-6H,18H2,1H3,(H,19,20). The molecule has 0 heterocycles. The van der Waals surface area contributed by atoms with Crippen molar-refractivity contribution in [2.24, 2.45) is 0 Å². The fraction of sp³-hybridized carbons (Fsp3) is 0.0714. The third-order valence-electron chi connectivity index (χ3n) is 2.69. The Morgan fingerprint density at radius 2 is 1.95 bits per heavy atom. The van der Waals surface area contributed by atoms with Gasteiger partial charge in [-0.3, -0.25) is 4.79 Å². The smallest absolute Gasteiger partial charge is 0.258 e. The van der Waals surface area contributed by atoms with Gasteiger partial charge in [-0.15, -0.1) is 0 Å². The minimum atomic E-state index is -0.561. The highest BCUT2D eigenvalue weighted by Gasteiger charge is 2.15. The Morgan fingerprint density at radius 1 is 1.25 bits per heavy atom. The van der Waals surface area contributed by atoms with Crippen LogP contribution in [0.2, 0.25) is 0 Å². The van der Waals surface area contributed by atoms with E-state index in [1.165, 1.54) is 12.1 Å². The molecule has 6 heteroatoms. The van der Waals surface area contributed by atoms with E-state index in [2.05, 4.69) is 37.2 Å². The maximum absolute atomic E-state index is 13.8. The van der Waals surface area contributed by atoms with E-state index in [0.717, 1.165) is 10.0 Å². The zero-order chi connectivity index (χ0) is 14.9. The summed E-state index contributed by atoms with van der Waals surface area (Å²) in [5.74, 6) is -1.11. The first-order valence-corrected chi connectivity index (χ1v) is 7.29. The highest BCUT2D eigenvalue weighted by Crippen LogP contribution is 2.33. The molecule has 2 aromatic rings. The number of nitrogens with one attached hydrogen (secondary N) is 1. The first-order chi connectivity index (χ1) is 9.38. The number of carbonyl (C=O) groups is 1. The molecule has 3 nitrogen and oxygen atoms in total. The lowest BCUT2D eigenvalue weighted by molar-refractivity contribution is 0.102. The second-order valence-electron chi connectivity index (χ2n) is 4.29. The number of rotatable bonds is 2. The molecule has 0 aliphatic carbocycles. The molecule has 104 valence electrons. The Balaban J connectivity index is 2.33. The summed E-state index contributed by atoms with van der Waals surface area (Å²) in [7, 11) is 0. The first-order valence-electron chi connectivity index (χ1n) is 5.70. The lowest BCUT2D eigenvalue weighted by Gasteiger charge is -2.11. The van der Waals surface area contributed by atoms with Gasteiger partial charge < -0.3 is 11.1 Å². The van der Waals surface area contributed by atoms with Crippen molar-refractivity contribution in [3.05, 3.63) is 56.2 Å². The highest BCUT2D eigenvalue weighted by molar-refractivity contribution is 9.11. The van der Waals surface area contributed by atoms with E-state index in [0.29, 0.717) is 15.8 Å². The summed E-state index contributed by atoms with van der Waals surface area (Å²) in [5.41, 5.74) is 7.37. The molecule has 0 fully saturated rings. The molecule has 20 heavy (non-hydrogen) atoms. The predicted octanol–water partition coefficient (Wildman–Crippen LogP) is 4.49. The molecule has 0 aliphatic heterocycles. The third kappa shape index (κ3) is 3.19. The minimum absolute atomic E-state index is 0.0233. The Morgan fingerprint density at radius 3 is 2.55 bits per heavy atom. The number of hydrogen-bond acceptors (Lipinski definition) is 2. The van der Waals surface area contributed by atoms with Crippen molar-refractivity contribution >= 4 is 49.1 Å². The number of nitrogen functional groups attached to an aromatic ring is 1. The number of amides is 1. The van der Waals surface area contributed by atoms with Gasteiger partial charge in [0.25, 0.3) is 5.91 Å². The second kappa shape index (κ2) is 5.93. The Hall–Kier alpha value is -1.40. The number of halogens is 3. The molecule has 0 saturated carbocycles. The number of carbonyl (C=O) groups excluding carboxylic acids is 1. The van der Waals surface area contributed by atoms with Crippen LogP contribution in [0.25, 0.3) is 0 Å². The zero-order valence-corrected chi connectivity index (χ0v) is 13.7. The number of benzene rings is 2. The van der Waals surface area contributed by atoms with Crippen LogP contribution in [0.15, 0.2) is 39.3 Å². The largest absolute Gasteiger partial charge is 0.397 e. The van der Waals surface area contributed by atoms with E-state index in [9.17, 15) is 9.18 Å². The summed E-state index contributed by atoms with van der Waals surface area (Å²) >= 11 is 6.61. The van der Waals surface area contributed by atoms with E-state index in [1.807, 2.05) is 0 Å². The molecular formula is C14H11Br2FN2O. The van der Waals surface area contributed by atoms with Crippen LogP contribution in [0.5, 0.6) is 0 Å². The summed E-state index contributed by atoms with van der Waals surface area (Å²) in [5, 5.41) is 2.61. The zero-order valence-electron chi connectivity index (χ0n) is 10.5. The lowest BCUT2D eigenvalue weighted by atomic mass is 10.1. The van der Waals surface area contributed by atoms with Crippen LogP contribution in [-0.4, -0.2) is 5.91 Å². The fourth-order valence-electron chi connectivity index (χ4n) is 1.71. The van der Waals surface area contributed by atoms with Crippen molar-refractivity contribution in [1.82, 2.24) is 0 Å². The van der Waals surface area contributed by atoms with E-state index in [1.54, 1.807) is 25.1 Å². The summed E-state index contributed by atoms with van der Waals surface area (Å²) in [6.45, 7) is 1.76. The molecule has 0 aromatic heterocycles. The van der Waals surface area contributed by atoms with Crippen LogP contribution < -0.4 is 11.1 Å². The molecule has 0 saturated heterocycles. The van der Waals surface area contributed by atoms with Gasteiger partial charge in [0.1, 0.15) is 5.82 Å². The van der Waals surface area contributed by atoms with Crippen LogP contribution in [-0.2, 0) is 0 Å². The van der Waals surface area contributed by atoms with E-state index >= 15 is 0 Å². The monoisotopic (exact) mass is 400 g/mol.